The van der Waals surface area contributed by atoms with E-state index in [1.807, 2.05) is 30.3 Å². The van der Waals surface area contributed by atoms with E-state index in [-0.39, 0.29) is 17.2 Å². The Morgan fingerprint density at radius 1 is 1.12 bits per heavy atom. The van der Waals surface area contributed by atoms with Gasteiger partial charge in [0.25, 0.3) is 5.91 Å². The minimum Gasteiger partial charge on any atom is -0.481 e. The molecule has 1 saturated carbocycles. The highest BCUT2D eigenvalue weighted by Gasteiger charge is 2.59. The van der Waals surface area contributed by atoms with Crippen LogP contribution in [0.25, 0.3) is 0 Å². The van der Waals surface area contributed by atoms with Gasteiger partial charge < -0.3 is 14.7 Å². The van der Waals surface area contributed by atoms with E-state index in [9.17, 15) is 9.59 Å². The Kier molecular flexibility index (Phi) is 4.11. The van der Waals surface area contributed by atoms with Crippen LogP contribution in [0, 0.1) is 11.3 Å². The molecule has 4 rings (SSSR count). The summed E-state index contributed by atoms with van der Waals surface area (Å²) in [5.41, 5.74) is 0.445. The normalized spacial score (nSPS) is 20.6. The predicted molar refractivity (Wildman–Crippen MR) is 94.1 cm³/mol. The Morgan fingerprint density at radius 2 is 1.85 bits per heavy atom. The fourth-order valence-electron chi connectivity index (χ4n) is 3.76. The summed E-state index contributed by atoms with van der Waals surface area (Å²) in [5, 5.41) is 9.15. The molecule has 1 spiro atoms. The number of benzene rings is 1. The van der Waals surface area contributed by atoms with Crippen LogP contribution < -0.4 is 4.74 Å². The van der Waals surface area contributed by atoms with Crippen LogP contribution in [-0.4, -0.2) is 40.0 Å². The van der Waals surface area contributed by atoms with Crippen LogP contribution in [0.4, 0.5) is 0 Å². The lowest BCUT2D eigenvalue weighted by atomic mass is 9.90. The Hall–Kier alpha value is -2.89. The van der Waals surface area contributed by atoms with Crippen LogP contribution in [-0.2, 0) is 4.79 Å². The number of likely N-dealkylation sites (tertiary alicyclic amines) is 1. The van der Waals surface area contributed by atoms with Crippen molar-refractivity contribution in [1.82, 2.24) is 9.88 Å². The molecule has 1 saturated heterocycles. The van der Waals surface area contributed by atoms with Crippen LogP contribution in [0.5, 0.6) is 11.6 Å². The molecule has 26 heavy (non-hydrogen) atoms. The molecule has 2 aliphatic rings. The number of carbonyl (C=O) groups is 2. The van der Waals surface area contributed by atoms with E-state index in [2.05, 4.69) is 4.98 Å². The van der Waals surface area contributed by atoms with Crippen LogP contribution >= 0.6 is 0 Å². The first kappa shape index (κ1) is 16.6. The molecule has 1 unspecified atom stereocenters. The number of pyridine rings is 1. The van der Waals surface area contributed by atoms with Crippen molar-refractivity contribution in [2.24, 2.45) is 11.3 Å². The van der Waals surface area contributed by atoms with Gasteiger partial charge in [-0.1, -0.05) is 18.2 Å². The zero-order valence-electron chi connectivity index (χ0n) is 14.3. The summed E-state index contributed by atoms with van der Waals surface area (Å²) in [4.78, 5) is 29.8. The maximum absolute atomic E-state index is 12.6. The van der Waals surface area contributed by atoms with Crippen LogP contribution in [0.2, 0.25) is 0 Å². The molecule has 1 atom stereocenters. The molecule has 1 aliphatic heterocycles. The fraction of sp³-hybridized carbons (Fsp3) is 0.350. The van der Waals surface area contributed by atoms with Gasteiger partial charge in [-0.2, -0.15) is 0 Å². The molecule has 2 heterocycles. The smallest absolute Gasteiger partial charge is 0.307 e. The van der Waals surface area contributed by atoms with Crippen molar-refractivity contribution in [3.05, 3.63) is 54.2 Å². The zero-order chi connectivity index (χ0) is 18.1. The van der Waals surface area contributed by atoms with Crippen molar-refractivity contribution in [3.63, 3.8) is 0 Å². The molecule has 0 radical (unpaired) electrons. The highest BCUT2D eigenvalue weighted by Crippen LogP contribution is 2.59. The summed E-state index contributed by atoms with van der Waals surface area (Å²) in [6.45, 7) is 1.20. The van der Waals surface area contributed by atoms with Crippen molar-refractivity contribution < 1.29 is 19.4 Å². The second kappa shape index (κ2) is 6.44. The average Bonchev–Trinajstić information content (AvgIpc) is 3.37. The molecular weight excluding hydrogens is 332 g/mol. The second-order valence-electron chi connectivity index (χ2n) is 7.05. The Bertz CT molecular complexity index is 811. The van der Waals surface area contributed by atoms with Crippen molar-refractivity contribution in [2.45, 2.75) is 19.3 Å². The molecule has 0 bridgehead atoms. The van der Waals surface area contributed by atoms with Crippen molar-refractivity contribution in [1.29, 1.82) is 0 Å². The number of para-hydroxylation sites is 1. The number of aliphatic carboxylic acids is 1. The van der Waals surface area contributed by atoms with E-state index >= 15 is 0 Å². The molecule has 6 heteroatoms. The number of rotatable bonds is 4. The number of carboxylic acid groups (broad SMARTS) is 1. The summed E-state index contributed by atoms with van der Waals surface area (Å²) in [6, 6.07) is 12.8. The number of ether oxygens (including phenoxy) is 1. The van der Waals surface area contributed by atoms with Crippen LogP contribution in [0.1, 0.15) is 29.6 Å². The minimum absolute atomic E-state index is 0.0638. The van der Waals surface area contributed by atoms with E-state index in [4.69, 9.17) is 9.84 Å². The maximum atomic E-state index is 12.6. The van der Waals surface area contributed by atoms with Gasteiger partial charge in [-0.15, -0.1) is 0 Å². The van der Waals surface area contributed by atoms with Gasteiger partial charge in [-0.05, 0) is 42.9 Å². The van der Waals surface area contributed by atoms with E-state index in [1.165, 1.54) is 6.20 Å². The SMILES string of the molecule is O=C(O)C1CC12CCN(C(=O)c1ccc(Oc3ccccc3)nc1)CC2. The number of nitrogens with zero attached hydrogens (tertiary/aromatic N) is 2. The first-order chi connectivity index (χ1) is 12.6. The Balaban J connectivity index is 1.36. The third-order valence-corrected chi connectivity index (χ3v) is 5.48. The molecule has 2 fully saturated rings. The van der Waals surface area contributed by atoms with Gasteiger partial charge in [-0.25, -0.2) is 4.98 Å². The number of piperidine rings is 1. The average molecular weight is 352 g/mol. The van der Waals surface area contributed by atoms with Crippen molar-refractivity contribution in [2.75, 3.05) is 13.1 Å². The van der Waals surface area contributed by atoms with Gasteiger partial charge in [0.15, 0.2) is 0 Å². The molecule has 1 aromatic carbocycles. The minimum atomic E-state index is -0.706. The van der Waals surface area contributed by atoms with E-state index in [1.54, 1.807) is 17.0 Å². The molecular formula is C20H20N2O4. The maximum Gasteiger partial charge on any atom is 0.307 e. The second-order valence-corrected chi connectivity index (χ2v) is 7.05. The summed E-state index contributed by atoms with van der Waals surface area (Å²) < 4.78 is 5.64. The van der Waals surface area contributed by atoms with Crippen LogP contribution in [0.3, 0.4) is 0 Å². The first-order valence-corrected chi connectivity index (χ1v) is 8.78. The number of carboxylic acids is 1. The first-order valence-electron chi connectivity index (χ1n) is 8.78. The lowest BCUT2D eigenvalue weighted by Crippen LogP contribution is -2.40. The lowest BCUT2D eigenvalue weighted by Gasteiger charge is -2.32. The molecule has 1 amide bonds. The van der Waals surface area contributed by atoms with Crippen molar-refractivity contribution in [3.8, 4) is 11.6 Å². The third-order valence-electron chi connectivity index (χ3n) is 5.48. The number of carbonyl (C=O) groups excluding carboxylic acids is 1. The van der Waals surface area contributed by atoms with E-state index < -0.39 is 5.97 Å². The summed E-state index contributed by atoms with van der Waals surface area (Å²) in [5.74, 6) is 0.135. The van der Waals surface area contributed by atoms with Gasteiger partial charge in [0.1, 0.15) is 5.75 Å². The predicted octanol–water partition coefficient (Wildman–Crippen LogP) is 3.20. The van der Waals surface area contributed by atoms with Gasteiger partial charge in [0.05, 0.1) is 11.5 Å². The molecule has 2 aromatic rings. The van der Waals surface area contributed by atoms with Gasteiger partial charge in [0, 0.05) is 25.4 Å². The summed E-state index contributed by atoms with van der Waals surface area (Å²) in [6.07, 6.45) is 3.80. The lowest BCUT2D eigenvalue weighted by molar-refractivity contribution is -0.139. The topological polar surface area (TPSA) is 79.7 Å². The summed E-state index contributed by atoms with van der Waals surface area (Å²) in [7, 11) is 0. The number of hydrogen-bond donors (Lipinski definition) is 1. The van der Waals surface area contributed by atoms with Crippen molar-refractivity contribution >= 4 is 11.9 Å². The van der Waals surface area contributed by atoms with E-state index in [0.29, 0.717) is 30.3 Å². The monoisotopic (exact) mass is 352 g/mol. The molecule has 6 nitrogen and oxygen atoms in total. The zero-order valence-corrected chi connectivity index (χ0v) is 14.3. The highest BCUT2D eigenvalue weighted by molar-refractivity contribution is 5.94. The van der Waals surface area contributed by atoms with Crippen LogP contribution in [0.15, 0.2) is 48.7 Å². The molecule has 134 valence electrons. The molecule has 1 aliphatic carbocycles. The Labute approximate surface area is 151 Å². The van der Waals surface area contributed by atoms with Gasteiger partial charge in [-0.3, -0.25) is 9.59 Å². The van der Waals surface area contributed by atoms with E-state index in [0.717, 1.165) is 19.3 Å². The fourth-order valence-corrected chi connectivity index (χ4v) is 3.76. The molecule has 1 aromatic heterocycles. The largest absolute Gasteiger partial charge is 0.481 e. The highest BCUT2D eigenvalue weighted by atomic mass is 16.5. The Morgan fingerprint density at radius 3 is 2.42 bits per heavy atom. The quantitative estimate of drug-likeness (QED) is 0.914. The standard InChI is InChI=1S/C20H20N2O4/c23-18(22-10-8-20(9-11-22)12-16(20)19(24)25)14-6-7-17(21-13-14)26-15-4-2-1-3-5-15/h1-7,13,16H,8-12H2,(H,24,25). The third kappa shape index (κ3) is 3.14. The number of aromatic nitrogens is 1. The molecule has 1 N–H and O–H groups in total. The van der Waals surface area contributed by atoms with Gasteiger partial charge in [0.2, 0.25) is 5.88 Å². The number of hydrogen-bond acceptors (Lipinski definition) is 4. The number of amides is 1. The van der Waals surface area contributed by atoms with Gasteiger partial charge >= 0.3 is 5.97 Å². The summed E-state index contributed by atoms with van der Waals surface area (Å²) >= 11 is 0.